The zero-order valence-electron chi connectivity index (χ0n) is 24.0. The minimum absolute atomic E-state index is 0.0278. The highest BCUT2D eigenvalue weighted by atomic mass is 127. The van der Waals surface area contributed by atoms with Crippen LogP contribution in [0.25, 0.3) is 0 Å². The predicted octanol–water partition coefficient (Wildman–Crippen LogP) is 3.16. The standard InChI is InChI=1S/C31H43IN2O7/c1-3-27(37)34(17-31-13-18-6-19(14-31)8-20(7-18)15-31)24-11-22(30(39)33-4-5-35)12-25(28(24)38)41-29-23(32)9-21(16-36)10-26(29)40-2/h9-10,12,18-20,24-25,28,35-36,38H,3-8,11,13-17H2,1-2H3,(H,33,39). The van der Waals surface area contributed by atoms with Gasteiger partial charge in [-0.05, 0) is 108 Å². The SMILES string of the molecule is CCC(=O)N(CC12CC3CC(CC(C3)C1)C2)C1CC(C(=O)NCCO)=CC(Oc2c(I)cc(CO)cc2OC)C1O. The minimum atomic E-state index is -1.08. The molecule has 9 nitrogen and oxygen atoms in total. The first-order chi connectivity index (χ1) is 19.7. The van der Waals surface area contributed by atoms with Crippen LogP contribution in [0.1, 0.15) is 63.9 Å². The van der Waals surface area contributed by atoms with Gasteiger partial charge in [0, 0.05) is 31.5 Å². The van der Waals surface area contributed by atoms with E-state index < -0.39 is 18.2 Å². The number of aliphatic hydroxyl groups excluding tert-OH is 3. The van der Waals surface area contributed by atoms with Gasteiger partial charge < -0.3 is 35.0 Å². The van der Waals surface area contributed by atoms with Crippen LogP contribution in [0.15, 0.2) is 23.8 Å². The van der Waals surface area contributed by atoms with Crippen LogP contribution in [0.5, 0.6) is 11.5 Å². The maximum Gasteiger partial charge on any atom is 0.247 e. The Morgan fingerprint density at radius 1 is 1.12 bits per heavy atom. The number of carbonyl (C=O) groups excluding carboxylic acids is 2. The van der Waals surface area contributed by atoms with E-state index in [2.05, 4.69) is 27.9 Å². The fourth-order valence-corrected chi connectivity index (χ4v) is 9.13. The predicted molar refractivity (Wildman–Crippen MR) is 161 cm³/mol. The molecule has 0 radical (unpaired) electrons. The van der Waals surface area contributed by atoms with Gasteiger partial charge in [-0.25, -0.2) is 0 Å². The van der Waals surface area contributed by atoms with Crippen LogP contribution < -0.4 is 14.8 Å². The van der Waals surface area contributed by atoms with Crippen molar-refractivity contribution < 1.29 is 34.4 Å². The van der Waals surface area contributed by atoms with E-state index in [1.807, 2.05) is 11.8 Å². The topological polar surface area (TPSA) is 129 Å². The molecule has 41 heavy (non-hydrogen) atoms. The number of nitrogens with zero attached hydrogens (tertiary/aromatic N) is 1. The van der Waals surface area contributed by atoms with Crippen molar-refractivity contribution >= 4 is 34.4 Å². The van der Waals surface area contributed by atoms with Gasteiger partial charge in [-0.2, -0.15) is 0 Å². The molecule has 3 atom stereocenters. The third-order valence-electron chi connectivity index (χ3n) is 9.63. The Morgan fingerprint density at radius 3 is 2.34 bits per heavy atom. The number of amides is 2. The van der Waals surface area contributed by atoms with Crippen LogP contribution in [0.4, 0.5) is 0 Å². The Balaban J connectivity index is 1.47. The molecule has 0 aromatic heterocycles. The molecule has 6 rings (SSSR count). The van der Waals surface area contributed by atoms with Gasteiger partial charge in [0.2, 0.25) is 11.8 Å². The molecule has 0 heterocycles. The molecule has 4 N–H and O–H groups in total. The summed E-state index contributed by atoms with van der Waals surface area (Å²) >= 11 is 2.10. The van der Waals surface area contributed by atoms with E-state index in [9.17, 15) is 24.9 Å². The van der Waals surface area contributed by atoms with E-state index >= 15 is 0 Å². The Morgan fingerprint density at radius 2 is 1.78 bits per heavy atom. The molecule has 226 valence electrons. The van der Waals surface area contributed by atoms with Gasteiger partial charge in [-0.3, -0.25) is 9.59 Å². The van der Waals surface area contributed by atoms with Gasteiger partial charge in [-0.15, -0.1) is 0 Å². The summed E-state index contributed by atoms with van der Waals surface area (Å²) in [5.41, 5.74) is 1.14. The van der Waals surface area contributed by atoms with Gasteiger partial charge in [0.25, 0.3) is 0 Å². The number of rotatable bonds is 11. The average molecular weight is 683 g/mol. The van der Waals surface area contributed by atoms with E-state index in [0.29, 0.717) is 39.2 Å². The summed E-state index contributed by atoms with van der Waals surface area (Å²) < 4.78 is 12.6. The van der Waals surface area contributed by atoms with Crippen molar-refractivity contribution in [3.05, 3.63) is 32.9 Å². The maximum atomic E-state index is 13.6. The Kier molecular flexibility index (Phi) is 9.52. The van der Waals surface area contributed by atoms with E-state index in [4.69, 9.17) is 9.47 Å². The second-order valence-corrected chi connectivity index (χ2v) is 13.7. The largest absolute Gasteiger partial charge is 0.493 e. The number of halogens is 1. The Labute approximate surface area is 255 Å². The number of carbonyl (C=O) groups is 2. The van der Waals surface area contributed by atoms with Crippen molar-refractivity contribution in [3.8, 4) is 11.5 Å². The monoisotopic (exact) mass is 682 g/mol. The number of methoxy groups -OCH3 is 1. The van der Waals surface area contributed by atoms with E-state index in [1.54, 1.807) is 18.2 Å². The first-order valence-electron chi connectivity index (χ1n) is 14.9. The zero-order chi connectivity index (χ0) is 29.3. The number of ether oxygens (including phenoxy) is 2. The normalized spacial score (nSPS) is 31.9. The quantitative estimate of drug-likeness (QED) is 0.264. The second-order valence-electron chi connectivity index (χ2n) is 12.6. The molecule has 2 amide bonds. The van der Waals surface area contributed by atoms with Crippen LogP contribution in [0.2, 0.25) is 0 Å². The summed E-state index contributed by atoms with van der Waals surface area (Å²) in [7, 11) is 1.51. The molecule has 4 bridgehead atoms. The molecular weight excluding hydrogens is 639 g/mol. The van der Waals surface area contributed by atoms with Crippen molar-refractivity contribution in [2.75, 3.05) is 26.8 Å². The highest BCUT2D eigenvalue weighted by molar-refractivity contribution is 14.1. The van der Waals surface area contributed by atoms with Gasteiger partial charge in [0.05, 0.1) is 29.9 Å². The molecule has 10 heteroatoms. The number of nitrogens with one attached hydrogen (secondary N) is 1. The first-order valence-corrected chi connectivity index (χ1v) is 16.0. The van der Waals surface area contributed by atoms with E-state index in [0.717, 1.165) is 37.0 Å². The number of aliphatic hydroxyl groups is 3. The smallest absolute Gasteiger partial charge is 0.247 e. The molecular formula is C31H43IN2O7. The van der Waals surface area contributed by atoms with Gasteiger partial charge in [-0.1, -0.05) is 6.92 Å². The third-order valence-corrected chi connectivity index (χ3v) is 10.4. The van der Waals surface area contributed by atoms with Gasteiger partial charge in [0.1, 0.15) is 12.2 Å². The summed E-state index contributed by atoms with van der Waals surface area (Å²) in [5.74, 6) is 2.61. The fourth-order valence-electron chi connectivity index (χ4n) is 8.33. The molecule has 1 aromatic rings. The highest BCUT2D eigenvalue weighted by Crippen LogP contribution is 2.60. The van der Waals surface area contributed by atoms with Crippen LogP contribution in [0, 0.1) is 26.7 Å². The molecule has 1 aromatic carbocycles. The summed E-state index contributed by atoms with van der Waals surface area (Å²) in [6.07, 6.45) is 7.43. The molecule has 5 aliphatic carbocycles. The lowest BCUT2D eigenvalue weighted by Crippen LogP contribution is -2.59. The highest BCUT2D eigenvalue weighted by Gasteiger charge is 2.53. The van der Waals surface area contributed by atoms with E-state index in [-0.39, 0.29) is 43.4 Å². The summed E-state index contributed by atoms with van der Waals surface area (Å²) in [4.78, 5) is 28.6. The molecule has 4 saturated carbocycles. The number of hydrogen-bond donors (Lipinski definition) is 4. The third kappa shape index (κ3) is 6.40. The summed E-state index contributed by atoms with van der Waals surface area (Å²) in [6.45, 7) is 2.19. The lowest BCUT2D eigenvalue weighted by atomic mass is 9.49. The fraction of sp³-hybridized carbons (Fsp3) is 0.677. The van der Waals surface area contributed by atoms with E-state index in [1.165, 1.54) is 26.4 Å². The average Bonchev–Trinajstić information content (AvgIpc) is 2.95. The van der Waals surface area contributed by atoms with Crippen LogP contribution in [-0.2, 0) is 16.2 Å². The van der Waals surface area contributed by atoms with Crippen molar-refractivity contribution in [2.45, 2.75) is 83.1 Å². The second kappa shape index (κ2) is 12.8. The van der Waals surface area contributed by atoms with Crippen molar-refractivity contribution in [1.82, 2.24) is 10.2 Å². The lowest BCUT2D eigenvalue weighted by molar-refractivity contribution is -0.146. The Bertz CT molecular complexity index is 1140. The molecule has 3 unspecified atom stereocenters. The zero-order valence-corrected chi connectivity index (χ0v) is 26.1. The van der Waals surface area contributed by atoms with Crippen molar-refractivity contribution in [2.24, 2.45) is 23.2 Å². The van der Waals surface area contributed by atoms with Gasteiger partial charge in [0.15, 0.2) is 11.5 Å². The number of hydrogen-bond acceptors (Lipinski definition) is 7. The van der Waals surface area contributed by atoms with Gasteiger partial charge >= 0.3 is 0 Å². The van der Waals surface area contributed by atoms with Crippen LogP contribution in [-0.4, -0.2) is 77.1 Å². The first kappa shape index (κ1) is 30.6. The van der Waals surface area contributed by atoms with Crippen LogP contribution in [0.3, 0.4) is 0 Å². The molecule has 4 fully saturated rings. The van der Waals surface area contributed by atoms with Crippen molar-refractivity contribution in [1.29, 1.82) is 0 Å². The summed E-state index contributed by atoms with van der Waals surface area (Å²) in [6, 6.07) is 2.83. The lowest BCUT2D eigenvalue weighted by Gasteiger charge is -2.58. The molecule has 0 aliphatic heterocycles. The molecule has 0 spiro atoms. The number of benzene rings is 1. The summed E-state index contributed by atoms with van der Waals surface area (Å²) in [5, 5.41) is 33.5. The molecule has 5 aliphatic rings. The van der Waals surface area contributed by atoms with Crippen molar-refractivity contribution in [3.63, 3.8) is 0 Å². The van der Waals surface area contributed by atoms with Crippen LogP contribution >= 0.6 is 22.6 Å². The Hall–Kier alpha value is -1.89. The maximum absolute atomic E-state index is 13.6. The minimum Gasteiger partial charge on any atom is -0.493 e. The molecule has 0 saturated heterocycles.